The number of hydrogen-bond donors (Lipinski definition) is 1. The fourth-order valence-corrected chi connectivity index (χ4v) is 3.09. The smallest absolute Gasteiger partial charge is 0.103 e. The first-order valence-electron chi connectivity index (χ1n) is 7.60. The molecule has 1 aromatic rings. The fraction of sp³-hybridized carbons (Fsp3) is 0.588. The molecule has 0 bridgehead atoms. The van der Waals surface area contributed by atoms with Gasteiger partial charge in [-0.1, -0.05) is 33.8 Å². The molecule has 0 atom stereocenters. The van der Waals surface area contributed by atoms with Crippen molar-refractivity contribution >= 4 is 17.4 Å². The lowest BCUT2D eigenvalue weighted by molar-refractivity contribution is 0.377. The van der Waals surface area contributed by atoms with E-state index >= 15 is 0 Å². The van der Waals surface area contributed by atoms with E-state index in [4.69, 9.17) is 5.73 Å². The maximum absolute atomic E-state index is 9.58. The van der Waals surface area contributed by atoms with Crippen molar-refractivity contribution in [1.29, 1.82) is 5.26 Å². The van der Waals surface area contributed by atoms with Crippen LogP contribution in [0.4, 0.5) is 5.69 Å². The average Bonchev–Trinajstić information content (AvgIpc) is 2.47. The fourth-order valence-electron chi connectivity index (χ4n) is 2.31. The molecule has 0 aliphatic rings. The summed E-state index contributed by atoms with van der Waals surface area (Å²) in [4.78, 5) is 3.38. The van der Waals surface area contributed by atoms with Gasteiger partial charge in [0.25, 0.3) is 0 Å². The normalized spacial score (nSPS) is 11.2. The van der Waals surface area contributed by atoms with E-state index in [1.807, 2.05) is 12.1 Å². The second-order valence-electron chi connectivity index (χ2n) is 5.98. The van der Waals surface area contributed by atoms with E-state index < -0.39 is 0 Å². The molecule has 0 saturated carbocycles. The van der Waals surface area contributed by atoms with Crippen molar-refractivity contribution in [3.05, 3.63) is 23.8 Å². The van der Waals surface area contributed by atoms with E-state index in [-0.39, 0.29) is 5.41 Å². The maximum atomic E-state index is 9.58. The van der Waals surface area contributed by atoms with Gasteiger partial charge in [-0.05, 0) is 36.3 Å². The summed E-state index contributed by atoms with van der Waals surface area (Å²) in [6.07, 6.45) is 1.05. The molecule has 0 unspecified atom stereocenters. The Balaban J connectivity index is 3.19. The highest BCUT2D eigenvalue weighted by Crippen LogP contribution is 2.32. The van der Waals surface area contributed by atoms with Gasteiger partial charge >= 0.3 is 0 Å². The summed E-state index contributed by atoms with van der Waals surface area (Å²) >= 11 is 1.73. The van der Waals surface area contributed by atoms with Crippen LogP contribution in [0.2, 0.25) is 0 Å². The van der Waals surface area contributed by atoms with Gasteiger partial charge in [0.05, 0.1) is 11.3 Å². The second-order valence-corrected chi connectivity index (χ2v) is 7.29. The van der Waals surface area contributed by atoms with Crippen LogP contribution in [-0.4, -0.2) is 25.4 Å². The summed E-state index contributed by atoms with van der Waals surface area (Å²) in [7, 11) is 0. The molecule has 4 heteroatoms. The van der Waals surface area contributed by atoms with E-state index in [1.165, 1.54) is 0 Å². The Morgan fingerprint density at radius 3 is 2.57 bits per heavy atom. The van der Waals surface area contributed by atoms with Crippen molar-refractivity contribution in [3.63, 3.8) is 0 Å². The molecule has 0 amide bonds. The lowest BCUT2D eigenvalue weighted by Crippen LogP contribution is -2.39. The first kappa shape index (κ1) is 17.9. The average molecular weight is 305 g/mol. The minimum atomic E-state index is 0.0375. The summed E-state index contributed by atoms with van der Waals surface area (Å²) in [6.45, 7) is 11.1. The number of anilines is 1. The van der Waals surface area contributed by atoms with Crippen LogP contribution in [-0.2, 0) is 0 Å². The number of nitrogens with zero attached hydrogens (tertiary/aromatic N) is 2. The Kier molecular flexibility index (Phi) is 7.07. The molecular formula is C17H27N3S. The molecule has 0 spiro atoms. The number of nitrogens with two attached hydrogens (primary N) is 1. The van der Waals surface area contributed by atoms with Crippen LogP contribution in [0.1, 0.15) is 39.7 Å². The van der Waals surface area contributed by atoms with Crippen LogP contribution in [0.5, 0.6) is 0 Å². The third kappa shape index (κ3) is 4.94. The van der Waals surface area contributed by atoms with E-state index in [1.54, 1.807) is 11.8 Å². The van der Waals surface area contributed by atoms with Gasteiger partial charge in [0.1, 0.15) is 6.07 Å². The second kappa shape index (κ2) is 8.31. The Bertz CT molecular complexity index is 491. The lowest BCUT2D eigenvalue weighted by Gasteiger charge is -2.34. The van der Waals surface area contributed by atoms with E-state index in [0.717, 1.165) is 41.4 Å². The molecule has 21 heavy (non-hydrogen) atoms. The van der Waals surface area contributed by atoms with Crippen molar-refractivity contribution in [2.45, 2.75) is 39.0 Å². The number of thioether (sulfide) groups is 1. The van der Waals surface area contributed by atoms with Crippen LogP contribution >= 0.6 is 11.8 Å². The third-order valence-corrected chi connectivity index (χ3v) is 4.36. The van der Waals surface area contributed by atoms with Crippen LogP contribution in [0.15, 0.2) is 23.1 Å². The van der Waals surface area contributed by atoms with Crippen LogP contribution < -0.4 is 10.6 Å². The predicted molar refractivity (Wildman–Crippen MR) is 92.9 cm³/mol. The van der Waals surface area contributed by atoms with Crippen LogP contribution in [0, 0.1) is 16.7 Å². The molecule has 0 fully saturated rings. The number of nitriles is 1. The molecular weight excluding hydrogens is 278 g/mol. The van der Waals surface area contributed by atoms with Crippen molar-refractivity contribution in [1.82, 2.24) is 0 Å². The zero-order valence-corrected chi connectivity index (χ0v) is 14.5. The largest absolute Gasteiger partial charge is 0.370 e. The van der Waals surface area contributed by atoms with Gasteiger partial charge in [-0.25, -0.2) is 0 Å². The lowest BCUT2D eigenvalue weighted by atomic mass is 9.92. The zero-order chi connectivity index (χ0) is 15.9. The van der Waals surface area contributed by atoms with Crippen LogP contribution in [0.25, 0.3) is 0 Å². The summed E-state index contributed by atoms with van der Waals surface area (Å²) in [5.41, 5.74) is 7.76. The van der Waals surface area contributed by atoms with Gasteiger partial charge in [0.2, 0.25) is 0 Å². The molecule has 0 heterocycles. The topological polar surface area (TPSA) is 53.0 Å². The number of rotatable bonds is 8. The molecule has 0 aromatic heterocycles. The standard InChI is InChI=1S/C17H27N3S/c1-5-10-20(13-17(3,4)12-19)15-8-7-9-16(21-6-2)14(15)11-18/h7-9H,5-6,10,12-13,19H2,1-4H3. The highest BCUT2D eigenvalue weighted by molar-refractivity contribution is 7.99. The van der Waals surface area contributed by atoms with Crippen molar-refractivity contribution in [2.75, 3.05) is 30.3 Å². The van der Waals surface area contributed by atoms with Crippen molar-refractivity contribution in [3.8, 4) is 6.07 Å². The summed E-state index contributed by atoms with van der Waals surface area (Å²) in [5, 5.41) is 9.58. The van der Waals surface area contributed by atoms with Gasteiger partial charge in [-0.3, -0.25) is 0 Å². The highest BCUT2D eigenvalue weighted by atomic mass is 32.2. The van der Waals surface area contributed by atoms with Gasteiger partial charge in [-0.2, -0.15) is 5.26 Å². The Morgan fingerprint density at radius 2 is 2.05 bits per heavy atom. The van der Waals surface area contributed by atoms with Gasteiger partial charge in [-0.15, -0.1) is 11.8 Å². The summed E-state index contributed by atoms with van der Waals surface area (Å²) in [6, 6.07) is 8.54. The highest BCUT2D eigenvalue weighted by Gasteiger charge is 2.22. The van der Waals surface area contributed by atoms with E-state index in [0.29, 0.717) is 6.54 Å². The van der Waals surface area contributed by atoms with Crippen molar-refractivity contribution in [2.24, 2.45) is 11.1 Å². The van der Waals surface area contributed by atoms with Crippen molar-refractivity contribution < 1.29 is 0 Å². The third-order valence-electron chi connectivity index (χ3n) is 3.42. The van der Waals surface area contributed by atoms with E-state index in [2.05, 4.69) is 44.7 Å². The molecule has 0 saturated heterocycles. The molecule has 3 nitrogen and oxygen atoms in total. The summed E-state index contributed by atoms with van der Waals surface area (Å²) in [5.74, 6) is 0.972. The SMILES string of the molecule is CCCN(CC(C)(C)CN)c1cccc(SCC)c1C#N. The van der Waals surface area contributed by atoms with Crippen LogP contribution in [0.3, 0.4) is 0 Å². The minimum Gasteiger partial charge on any atom is -0.370 e. The van der Waals surface area contributed by atoms with Gasteiger partial charge in [0, 0.05) is 18.0 Å². The molecule has 0 aliphatic heterocycles. The first-order valence-corrected chi connectivity index (χ1v) is 8.58. The van der Waals surface area contributed by atoms with E-state index in [9.17, 15) is 5.26 Å². The molecule has 0 aliphatic carbocycles. The molecule has 1 rings (SSSR count). The molecule has 0 radical (unpaired) electrons. The molecule has 116 valence electrons. The maximum Gasteiger partial charge on any atom is 0.103 e. The number of hydrogen-bond acceptors (Lipinski definition) is 4. The zero-order valence-electron chi connectivity index (χ0n) is 13.6. The Hall–Kier alpha value is -1.18. The van der Waals surface area contributed by atoms with Gasteiger partial charge in [0.15, 0.2) is 0 Å². The predicted octanol–water partition coefficient (Wildman–Crippen LogP) is 3.87. The van der Waals surface area contributed by atoms with Gasteiger partial charge < -0.3 is 10.6 Å². The molecule has 2 N–H and O–H groups in total. The quantitative estimate of drug-likeness (QED) is 0.741. The monoisotopic (exact) mass is 305 g/mol. The molecule has 1 aromatic carbocycles. The number of benzene rings is 1. The minimum absolute atomic E-state index is 0.0375. The Morgan fingerprint density at radius 1 is 1.33 bits per heavy atom. The summed E-state index contributed by atoms with van der Waals surface area (Å²) < 4.78 is 0. The Labute approximate surface area is 133 Å². The first-order chi connectivity index (χ1) is 9.99.